The summed E-state index contributed by atoms with van der Waals surface area (Å²) in [6.45, 7) is 6.28. The van der Waals surface area contributed by atoms with E-state index < -0.39 is 0 Å². The first-order chi connectivity index (χ1) is 13.1. The Hall–Kier alpha value is -3.16. The minimum atomic E-state index is -0.267. The van der Waals surface area contributed by atoms with E-state index in [4.69, 9.17) is 4.74 Å². The number of ketones is 1. The molecule has 1 fully saturated rings. The Kier molecular flexibility index (Phi) is 5.85. The van der Waals surface area contributed by atoms with E-state index >= 15 is 0 Å². The molecule has 0 bridgehead atoms. The Balaban J connectivity index is 1.62. The van der Waals surface area contributed by atoms with Crippen molar-refractivity contribution in [3.05, 3.63) is 42.2 Å². The van der Waals surface area contributed by atoms with Crippen molar-refractivity contribution in [3.63, 3.8) is 0 Å². The number of nitrogens with one attached hydrogen (secondary N) is 1. The molecule has 0 radical (unpaired) electrons. The molecule has 142 valence electrons. The van der Waals surface area contributed by atoms with Crippen molar-refractivity contribution < 1.29 is 14.3 Å². The lowest BCUT2D eigenvalue weighted by molar-refractivity contribution is 0.101. The quantitative estimate of drug-likeness (QED) is 0.811. The zero-order valence-electron chi connectivity index (χ0n) is 15.5. The van der Waals surface area contributed by atoms with Crippen molar-refractivity contribution in [2.24, 2.45) is 0 Å². The molecule has 0 aliphatic carbocycles. The summed E-state index contributed by atoms with van der Waals surface area (Å²) >= 11 is 0. The predicted octanol–water partition coefficient (Wildman–Crippen LogP) is 2.70. The molecule has 8 nitrogen and oxygen atoms in total. The molecule has 1 aromatic heterocycles. The number of anilines is 3. The van der Waals surface area contributed by atoms with Crippen LogP contribution in [0.15, 0.2) is 36.7 Å². The number of aromatic nitrogens is 2. The van der Waals surface area contributed by atoms with Crippen LogP contribution in [-0.4, -0.2) is 59.5 Å². The largest absolute Gasteiger partial charge is 0.450 e. The summed E-state index contributed by atoms with van der Waals surface area (Å²) in [5, 5.41) is 3.22. The predicted molar refractivity (Wildman–Crippen MR) is 103 cm³/mol. The smallest absolute Gasteiger partial charge is 0.409 e. The van der Waals surface area contributed by atoms with Crippen LogP contribution in [0.1, 0.15) is 24.2 Å². The summed E-state index contributed by atoms with van der Waals surface area (Å²) in [7, 11) is 0. The van der Waals surface area contributed by atoms with Gasteiger partial charge in [-0.3, -0.25) is 4.79 Å². The van der Waals surface area contributed by atoms with Gasteiger partial charge in [0.1, 0.15) is 18.0 Å². The van der Waals surface area contributed by atoms with Gasteiger partial charge in [0.2, 0.25) is 0 Å². The van der Waals surface area contributed by atoms with Crippen LogP contribution in [0.5, 0.6) is 0 Å². The minimum Gasteiger partial charge on any atom is -0.450 e. The number of ether oxygens (including phenoxy) is 1. The Morgan fingerprint density at radius 1 is 1.11 bits per heavy atom. The number of carbonyl (C=O) groups is 2. The van der Waals surface area contributed by atoms with Crippen LogP contribution in [0.4, 0.5) is 22.1 Å². The number of nitrogens with zero attached hydrogens (tertiary/aromatic N) is 4. The molecule has 2 aromatic rings. The minimum absolute atomic E-state index is 0.0350. The average Bonchev–Trinajstić information content (AvgIpc) is 2.69. The summed E-state index contributed by atoms with van der Waals surface area (Å²) in [6.07, 6.45) is 1.25. The van der Waals surface area contributed by atoms with E-state index in [1.807, 2.05) is 18.2 Å². The molecule has 2 heterocycles. The molecule has 1 amide bonds. The van der Waals surface area contributed by atoms with E-state index in [9.17, 15) is 9.59 Å². The molecule has 3 rings (SSSR count). The molecular weight excluding hydrogens is 346 g/mol. The fourth-order valence-electron chi connectivity index (χ4n) is 2.86. The second-order valence-corrected chi connectivity index (χ2v) is 6.19. The topological polar surface area (TPSA) is 87.7 Å². The normalized spacial score (nSPS) is 14.0. The van der Waals surface area contributed by atoms with Gasteiger partial charge in [-0.15, -0.1) is 0 Å². The van der Waals surface area contributed by atoms with Gasteiger partial charge in [0.15, 0.2) is 5.78 Å². The maximum atomic E-state index is 11.8. The van der Waals surface area contributed by atoms with Crippen LogP contribution in [-0.2, 0) is 4.74 Å². The summed E-state index contributed by atoms with van der Waals surface area (Å²) in [6, 6.07) is 9.12. The van der Waals surface area contributed by atoms with Crippen molar-refractivity contribution in [1.82, 2.24) is 14.9 Å². The van der Waals surface area contributed by atoms with Crippen LogP contribution in [0, 0.1) is 0 Å². The third kappa shape index (κ3) is 4.72. The van der Waals surface area contributed by atoms with E-state index in [0.717, 1.165) is 11.5 Å². The van der Waals surface area contributed by atoms with Crippen molar-refractivity contribution in [1.29, 1.82) is 0 Å². The fourth-order valence-corrected chi connectivity index (χ4v) is 2.86. The number of carbonyl (C=O) groups excluding carboxylic acids is 2. The molecule has 0 spiro atoms. The number of hydrogen-bond donors (Lipinski definition) is 1. The van der Waals surface area contributed by atoms with E-state index in [1.165, 1.54) is 6.33 Å². The molecule has 1 aromatic carbocycles. The fraction of sp³-hybridized carbons (Fsp3) is 0.368. The summed E-state index contributed by atoms with van der Waals surface area (Å²) in [5.41, 5.74) is 1.51. The van der Waals surface area contributed by atoms with Gasteiger partial charge in [-0.2, -0.15) is 0 Å². The second kappa shape index (κ2) is 8.48. The van der Waals surface area contributed by atoms with Crippen LogP contribution in [0.25, 0.3) is 0 Å². The average molecular weight is 369 g/mol. The van der Waals surface area contributed by atoms with Crippen LogP contribution < -0.4 is 10.2 Å². The van der Waals surface area contributed by atoms with E-state index in [2.05, 4.69) is 20.2 Å². The maximum Gasteiger partial charge on any atom is 0.409 e. The highest BCUT2D eigenvalue weighted by atomic mass is 16.6. The zero-order valence-corrected chi connectivity index (χ0v) is 15.5. The van der Waals surface area contributed by atoms with Gasteiger partial charge in [0, 0.05) is 43.5 Å². The Morgan fingerprint density at radius 3 is 2.44 bits per heavy atom. The first kappa shape index (κ1) is 18.6. The SMILES string of the molecule is CCOC(=O)N1CCN(c2cc(Nc3ccc(C(C)=O)cc3)ncn2)CC1. The highest BCUT2D eigenvalue weighted by Crippen LogP contribution is 2.20. The number of hydrogen-bond acceptors (Lipinski definition) is 7. The molecule has 8 heteroatoms. The first-order valence-corrected chi connectivity index (χ1v) is 8.93. The molecule has 0 atom stereocenters. The summed E-state index contributed by atoms with van der Waals surface area (Å²) in [5.74, 6) is 1.51. The molecule has 0 unspecified atom stereocenters. The third-order valence-electron chi connectivity index (χ3n) is 4.35. The lowest BCUT2D eigenvalue weighted by atomic mass is 10.1. The van der Waals surface area contributed by atoms with Gasteiger partial charge in [0.25, 0.3) is 0 Å². The molecule has 27 heavy (non-hydrogen) atoms. The molecule has 1 saturated heterocycles. The Morgan fingerprint density at radius 2 is 1.81 bits per heavy atom. The standard InChI is InChI=1S/C19H23N5O3/c1-3-27-19(26)24-10-8-23(9-11-24)18-12-17(20-13-21-18)22-16-6-4-15(5-7-16)14(2)25/h4-7,12-13H,3,8-11H2,1-2H3,(H,20,21,22). The van der Waals surface area contributed by atoms with Gasteiger partial charge in [-0.05, 0) is 38.1 Å². The van der Waals surface area contributed by atoms with Crippen molar-refractivity contribution in [2.45, 2.75) is 13.8 Å². The summed E-state index contributed by atoms with van der Waals surface area (Å²) in [4.78, 5) is 35.6. The zero-order chi connectivity index (χ0) is 19.2. The van der Waals surface area contributed by atoms with Crippen molar-refractivity contribution >= 4 is 29.2 Å². The van der Waals surface area contributed by atoms with Gasteiger partial charge in [-0.25, -0.2) is 14.8 Å². The number of Topliss-reactive ketones (excluding diaryl/α,β-unsaturated/α-hetero) is 1. The molecular formula is C19H23N5O3. The van der Waals surface area contributed by atoms with Gasteiger partial charge >= 0.3 is 6.09 Å². The highest BCUT2D eigenvalue weighted by Gasteiger charge is 2.22. The number of amides is 1. The maximum absolute atomic E-state index is 11.8. The number of rotatable bonds is 5. The Bertz CT molecular complexity index is 801. The van der Waals surface area contributed by atoms with Crippen LogP contribution in [0.3, 0.4) is 0 Å². The monoisotopic (exact) mass is 369 g/mol. The van der Waals surface area contributed by atoms with Crippen LogP contribution in [0.2, 0.25) is 0 Å². The van der Waals surface area contributed by atoms with Gasteiger partial charge < -0.3 is 19.9 Å². The van der Waals surface area contributed by atoms with E-state index in [1.54, 1.807) is 30.9 Å². The van der Waals surface area contributed by atoms with Crippen LogP contribution >= 0.6 is 0 Å². The highest BCUT2D eigenvalue weighted by molar-refractivity contribution is 5.94. The molecule has 1 aliphatic rings. The number of piperazine rings is 1. The first-order valence-electron chi connectivity index (χ1n) is 8.93. The van der Waals surface area contributed by atoms with Gasteiger partial charge in [0.05, 0.1) is 6.61 Å². The lowest BCUT2D eigenvalue weighted by Crippen LogP contribution is -2.49. The molecule has 0 saturated carbocycles. The Labute approximate surface area is 158 Å². The number of benzene rings is 1. The molecule has 1 N–H and O–H groups in total. The molecule has 1 aliphatic heterocycles. The summed E-state index contributed by atoms with van der Waals surface area (Å²) < 4.78 is 5.04. The van der Waals surface area contributed by atoms with Crippen molar-refractivity contribution in [3.8, 4) is 0 Å². The third-order valence-corrected chi connectivity index (χ3v) is 4.35. The van der Waals surface area contributed by atoms with Crippen molar-refractivity contribution in [2.75, 3.05) is 43.0 Å². The van der Waals surface area contributed by atoms with E-state index in [0.29, 0.717) is 44.2 Å². The second-order valence-electron chi connectivity index (χ2n) is 6.19. The lowest BCUT2D eigenvalue weighted by Gasteiger charge is -2.34. The van der Waals surface area contributed by atoms with Gasteiger partial charge in [-0.1, -0.05) is 0 Å². The van der Waals surface area contributed by atoms with E-state index in [-0.39, 0.29) is 11.9 Å².